The molecular weight excluding hydrogens is 270 g/mol. The van der Waals surface area contributed by atoms with E-state index in [0.717, 1.165) is 29.2 Å². The number of hydrogen-bond donors (Lipinski definition) is 1. The third-order valence-corrected chi connectivity index (χ3v) is 4.78. The Morgan fingerprint density at radius 1 is 1.25 bits per heavy atom. The molecule has 1 N–H and O–H groups in total. The number of nitrogens with one attached hydrogen (secondary N) is 1. The molecule has 20 heavy (non-hydrogen) atoms. The monoisotopic (exact) mass is 287 g/mol. The molecule has 0 unspecified atom stereocenters. The molecular formula is C16H17NO2S. The largest absolute Gasteiger partial charge is 0.497 e. The highest BCUT2D eigenvalue weighted by atomic mass is 32.1. The van der Waals surface area contributed by atoms with E-state index in [0.29, 0.717) is 0 Å². The van der Waals surface area contributed by atoms with Crippen LogP contribution in [0.2, 0.25) is 0 Å². The number of rotatable bonds is 3. The number of hydrogen-bond acceptors (Lipinski definition) is 3. The predicted molar refractivity (Wildman–Crippen MR) is 81.9 cm³/mol. The number of methoxy groups -OCH3 is 1. The molecule has 1 amide bonds. The highest BCUT2D eigenvalue weighted by Crippen LogP contribution is 2.30. The molecule has 0 bridgehead atoms. The average molecular weight is 287 g/mol. The first-order valence-electron chi connectivity index (χ1n) is 6.83. The van der Waals surface area contributed by atoms with Gasteiger partial charge in [-0.25, -0.2) is 0 Å². The molecule has 0 atom stereocenters. The fourth-order valence-corrected chi connectivity index (χ4v) is 3.64. The maximum Gasteiger partial charge on any atom is 0.265 e. The summed E-state index contributed by atoms with van der Waals surface area (Å²) in [5.41, 5.74) is 2.12. The quantitative estimate of drug-likeness (QED) is 0.930. The van der Waals surface area contributed by atoms with E-state index in [2.05, 4.69) is 11.4 Å². The van der Waals surface area contributed by atoms with Crippen LogP contribution in [0.1, 0.15) is 33.0 Å². The Bertz CT molecular complexity index is 610. The molecule has 3 nitrogen and oxygen atoms in total. The van der Waals surface area contributed by atoms with Crippen molar-refractivity contribution in [2.75, 3.05) is 12.4 Å². The lowest BCUT2D eigenvalue weighted by Crippen LogP contribution is -2.10. The van der Waals surface area contributed by atoms with Crippen molar-refractivity contribution in [2.24, 2.45) is 0 Å². The van der Waals surface area contributed by atoms with Gasteiger partial charge < -0.3 is 10.1 Å². The number of carbonyl (C=O) groups excluding carboxylic acids is 1. The SMILES string of the molecule is COc1cccc(NC(=O)c2cc3c(s2)CCCC3)c1. The van der Waals surface area contributed by atoms with Gasteiger partial charge in [-0.3, -0.25) is 4.79 Å². The maximum absolute atomic E-state index is 12.3. The second kappa shape index (κ2) is 5.67. The summed E-state index contributed by atoms with van der Waals surface area (Å²) < 4.78 is 5.16. The number of thiophene rings is 1. The molecule has 104 valence electrons. The number of carbonyl (C=O) groups is 1. The Hall–Kier alpha value is -1.81. The van der Waals surface area contributed by atoms with Crippen LogP contribution in [0, 0.1) is 0 Å². The molecule has 1 heterocycles. The van der Waals surface area contributed by atoms with Gasteiger partial charge in [-0.1, -0.05) is 6.07 Å². The molecule has 0 spiro atoms. The summed E-state index contributed by atoms with van der Waals surface area (Å²) in [5, 5.41) is 2.93. The Balaban J connectivity index is 1.77. The van der Waals surface area contributed by atoms with Gasteiger partial charge in [0, 0.05) is 16.6 Å². The van der Waals surface area contributed by atoms with E-state index in [1.165, 1.54) is 23.3 Å². The predicted octanol–water partition coefficient (Wildman–Crippen LogP) is 3.89. The normalized spacial score (nSPS) is 13.7. The minimum Gasteiger partial charge on any atom is -0.497 e. The van der Waals surface area contributed by atoms with Gasteiger partial charge >= 0.3 is 0 Å². The Morgan fingerprint density at radius 2 is 2.10 bits per heavy atom. The number of anilines is 1. The highest BCUT2D eigenvalue weighted by molar-refractivity contribution is 7.14. The molecule has 0 radical (unpaired) electrons. The van der Waals surface area contributed by atoms with E-state index in [1.54, 1.807) is 18.4 Å². The number of benzene rings is 1. The third kappa shape index (κ3) is 2.70. The van der Waals surface area contributed by atoms with Gasteiger partial charge in [0.2, 0.25) is 0 Å². The topological polar surface area (TPSA) is 38.3 Å². The van der Waals surface area contributed by atoms with Crippen molar-refractivity contribution in [1.29, 1.82) is 0 Å². The summed E-state index contributed by atoms with van der Waals surface area (Å²) in [6, 6.07) is 9.47. The van der Waals surface area contributed by atoms with Crippen molar-refractivity contribution < 1.29 is 9.53 Å². The van der Waals surface area contributed by atoms with Crippen LogP contribution in [0.5, 0.6) is 5.75 Å². The van der Waals surface area contributed by atoms with Gasteiger partial charge in [-0.2, -0.15) is 0 Å². The zero-order valence-corrected chi connectivity index (χ0v) is 12.3. The molecule has 0 aliphatic heterocycles. The summed E-state index contributed by atoms with van der Waals surface area (Å²) in [4.78, 5) is 14.5. The second-order valence-corrected chi connectivity index (χ2v) is 6.09. The lowest BCUT2D eigenvalue weighted by Gasteiger charge is -2.08. The van der Waals surface area contributed by atoms with Crippen LogP contribution in [0.15, 0.2) is 30.3 Å². The van der Waals surface area contributed by atoms with Crippen molar-refractivity contribution in [3.05, 3.63) is 45.6 Å². The van der Waals surface area contributed by atoms with Crippen LogP contribution in [0.3, 0.4) is 0 Å². The smallest absolute Gasteiger partial charge is 0.265 e. The number of amides is 1. The van der Waals surface area contributed by atoms with E-state index in [1.807, 2.05) is 24.3 Å². The van der Waals surface area contributed by atoms with E-state index >= 15 is 0 Å². The summed E-state index contributed by atoms with van der Waals surface area (Å²) >= 11 is 1.63. The van der Waals surface area contributed by atoms with E-state index < -0.39 is 0 Å². The van der Waals surface area contributed by atoms with Gasteiger partial charge in [-0.05, 0) is 49.4 Å². The standard InChI is InChI=1S/C16H17NO2S/c1-19-13-7-4-6-12(10-13)17-16(18)15-9-11-5-2-3-8-14(11)20-15/h4,6-7,9-10H,2-3,5,8H2,1H3,(H,17,18). The number of ether oxygens (including phenoxy) is 1. The molecule has 0 saturated heterocycles. The van der Waals surface area contributed by atoms with Crippen LogP contribution in [-0.2, 0) is 12.8 Å². The molecule has 2 aromatic rings. The van der Waals surface area contributed by atoms with Crippen LogP contribution < -0.4 is 10.1 Å². The first-order valence-corrected chi connectivity index (χ1v) is 7.65. The lowest BCUT2D eigenvalue weighted by molar-refractivity contribution is 0.103. The van der Waals surface area contributed by atoms with Crippen molar-refractivity contribution in [3.8, 4) is 5.75 Å². The molecule has 1 aliphatic rings. The fourth-order valence-electron chi connectivity index (χ4n) is 2.50. The maximum atomic E-state index is 12.3. The molecule has 1 aromatic carbocycles. The average Bonchev–Trinajstić information content (AvgIpc) is 2.91. The summed E-state index contributed by atoms with van der Waals surface area (Å²) in [7, 11) is 1.62. The molecule has 1 aliphatic carbocycles. The summed E-state index contributed by atoms with van der Waals surface area (Å²) in [5.74, 6) is 0.714. The minimum absolute atomic E-state index is 0.0300. The molecule has 0 saturated carbocycles. The highest BCUT2D eigenvalue weighted by Gasteiger charge is 2.17. The van der Waals surface area contributed by atoms with Gasteiger partial charge in [0.15, 0.2) is 0 Å². The Morgan fingerprint density at radius 3 is 2.90 bits per heavy atom. The molecule has 4 heteroatoms. The molecule has 3 rings (SSSR count). The van der Waals surface area contributed by atoms with E-state index in [4.69, 9.17) is 4.74 Å². The minimum atomic E-state index is -0.0300. The van der Waals surface area contributed by atoms with Crippen LogP contribution in [0.25, 0.3) is 0 Å². The first kappa shape index (κ1) is 13.2. The number of aryl methyl sites for hydroxylation is 2. The van der Waals surface area contributed by atoms with Crippen molar-refractivity contribution in [3.63, 3.8) is 0 Å². The molecule has 1 aromatic heterocycles. The first-order chi connectivity index (χ1) is 9.76. The van der Waals surface area contributed by atoms with Crippen LogP contribution in [-0.4, -0.2) is 13.0 Å². The van der Waals surface area contributed by atoms with Crippen LogP contribution >= 0.6 is 11.3 Å². The Kier molecular flexibility index (Phi) is 3.74. The Labute approximate surface area is 122 Å². The van der Waals surface area contributed by atoms with Gasteiger partial charge in [0.05, 0.1) is 12.0 Å². The lowest BCUT2D eigenvalue weighted by atomic mass is 9.99. The second-order valence-electron chi connectivity index (χ2n) is 4.95. The van der Waals surface area contributed by atoms with Crippen LogP contribution in [0.4, 0.5) is 5.69 Å². The zero-order valence-electron chi connectivity index (χ0n) is 11.4. The van der Waals surface area contributed by atoms with Crippen molar-refractivity contribution in [2.45, 2.75) is 25.7 Å². The van der Waals surface area contributed by atoms with Gasteiger partial charge in [0.1, 0.15) is 5.75 Å². The number of fused-ring (bicyclic) bond motifs is 1. The van der Waals surface area contributed by atoms with Gasteiger partial charge in [-0.15, -0.1) is 11.3 Å². The summed E-state index contributed by atoms with van der Waals surface area (Å²) in [6.45, 7) is 0. The van der Waals surface area contributed by atoms with Crippen molar-refractivity contribution in [1.82, 2.24) is 0 Å². The third-order valence-electron chi connectivity index (χ3n) is 3.55. The van der Waals surface area contributed by atoms with Gasteiger partial charge in [0.25, 0.3) is 5.91 Å². The van der Waals surface area contributed by atoms with E-state index in [-0.39, 0.29) is 5.91 Å². The van der Waals surface area contributed by atoms with E-state index in [9.17, 15) is 4.79 Å². The summed E-state index contributed by atoms with van der Waals surface area (Å²) in [6.07, 6.45) is 4.70. The molecule has 0 fully saturated rings. The zero-order chi connectivity index (χ0) is 13.9. The fraction of sp³-hybridized carbons (Fsp3) is 0.312. The van der Waals surface area contributed by atoms with Crippen molar-refractivity contribution >= 4 is 22.9 Å².